The fraction of sp³-hybridized carbons (Fsp3) is 0.600. The third-order valence-corrected chi connectivity index (χ3v) is 3.99. The average Bonchev–Trinajstić information content (AvgIpc) is 2.92. The van der Waals surface area contributed by atoms with Crippen LogP contribution >= 0.6 is 0 Å². The second-order valence-electron chi connectivity index (χ2n) is 5.47. The molecule has 2 heteroatoms. The molecule has 0 spiro atoms. The van der Waals surface area contributed by atoms with Crippen LogP contribution in [0.4, 0.5) is 0 Å². The molecular weight excluding hydrogens is 210 g/mol. The Morgan fingerprint density at radius 2 is 2.12 bits per heavy atom. The Kier molecular flexibility index (Phi) is 3.17. The molecule has 2 heterocycles. The van der Waals surface area contributed by atoms with Crippen molar-refractivity contribution in [3.05, 3.63) is 35.9 Å². The monoisotopic (exact) mass is 231 g/mol. The largest absolute Gasteiger partial charge is 0.373 e. The molecule has 4 atom stereocenters. The molecule has 2 bridgehead atoms. The van der Waals surface area contributed by atoms with Gasteiger partial charge in [0.25, 0.3) is 0 Å². The molecule has 2 nitrogen and oxygen atoms in total. The van der Waals surface area contributed by atoms with E-state index in [9.17, 15) is 0 Å². The fourth-order valence-electron chi connectivity index (χ4n) is 3.21. The summed E-state index contributed by atoms with van der Waals surface area (Å²) in [6.45, 7) is 2.28. The lowest BCUT2D eigenvalue weighted by Crippen LogP contribution is -2.43. The van der Waals surface area contributed by atoms with E-state index < -0.39 is 0 Å². The number of ether oxygens (including phenoxy) is 1. The van der Waals surface area contributed by atoms with Crippen molar-refractivity contribution in [1.29, 1.82) is 0 Å². The van der Waals surface area contributed by atoms with Gasteiger partial charge in [-0.1, -0.05) is 30.3 Å². The zero-order chi connectivity index (χ0) is 11.7. The van der Waals surface area contributed by atoms with Crippen LogP contribution in [0.2, 0.25) is 0 Å². The molecule has 0 aliphatic carbocycles. The SMILES string of the molecule is CC(Cc1ccccc1)NC1CC2CCC1O2. The predicted octanol–water partition coefficient (Wildman–Crippen LogP) is 2.53. The van der Waals surface area contributed by atoms with Crippen molar-refractivity contribution in [2.45, 2.75) is 56.9 Å². The van der Waals surface area contributed by atoms with Crippen molar-refractivity contribution in [3.63, 3.8) is 0 Å². The van der Waals surface area contributed by atoms with Gasteiger partial charge in [-0.15, -0.1) is 0 Å². The predicted molar refractivity (Wildman–Crippen MR) is 69.0 cm³/mol. The third kappa shape index (κ3) is 2.53. The molecule has 92 valence electrons. The van der Waals surface area contributed by atoms with Gasteiger partial charge in [-0.05, 0) is 38.2 Å². The van der Waals surface area contributed by atoms with E-state index >= 15 is 0 Å². The van der Waals surface area contributed by atoms with Crippen LogP contribution < -0.4 is 5.32 Å². The topological polar surface area (TPSA) is 21.3 Å². The summed E-state index contributed by atoms with van der Waals surface area (Å²) in [5, 5.41) is 3.73. The second-order valence-corrected chi connectivity index (χ2v) is 5.47. The summed E-state index contributed by atoms with van der Waals surface area (Å²) in [5.74, 6) is 0. The summed E-state index contributed by atoms with van der Waals surface area (Å²) in [5.41, 5.74) is 1.41. The normalized spacial score (nSPS) is 32.9. The maximum Gasteiger partial charge on any atom is 0.0733 e. The van der Waals surface area contributed by atoms with Gasteiger partial charge in [0, 0.05) is 12.1 Å². The van der Waals surface area contributed by atoms with E-state index in [2.05, 4.69) is 42.6 Å². The molecule has 2 saturated heterocycles. The molecule has 1 aromatic carbocycles. The molecule has 2 aliphatic rings. The summed E-state index contributed by atoms with van der Waals surface area (Å²) in [4.78, 5) is 0. The minimum absolute atomic E-state index is 0.484. The first-order chi connectivity index (χ1) is 8.31. The Balaban J connectivity index is 1.52. The summed E-state index contributed by atoms with van der Waals surface area (Å²) in [6.07, 6.45) is 5.87. The van der Waals surface area contributed by atoms with Crippen LogP contribution in [0.15, 0.2) is 30.3 Å². The van der Waals surface area contributed by atoms with Crippen LogP contribution in [0.5, 0.6) is 0 Å². The Morgan fingerprint density at radius 3 is 2.76 bits per heavy atom. The van der Waals surface area contributed by atoms with E-state index in [1.165, 1.54) is 24.8 Å². The zero-order valence-corrected chi connectivity index (χ0v) is 10.4. The zero-order valence-electron chi connectivity index (χ0n) is 10.4. The molecule has 0 amide bonds. The quantitative estimate of drug-likeness (QED) is 0.859. The van der Waals surface area contributed by atoms with Gasteiger partial charge in [0.1, 0.15) is 0 Å². The molecule has 2 aliphatic heterocycles. The van der Waals surface area contributed by atoms with Crippen molar-refractivity contribution in [1.82, 2.24) is 5.32 Å². The number of fused-ring (bicyclic) bond motifs is 2. The van der Waals surface area contributed by atoms with Crippen molar-refractivity contribution in [2.75, 3.05) is 0 Å². The first kappa shape index (κ1) is 11.2. The first-order valence-electron chi connectivity index (χ1n) is 6.76. The van der Waals surface area contributed by atoms with Gasteiger partial charge in [-0.3, -0.25) is 0 Å². The van der Waals surface area contributed by atoms with E-state index in [1.54, 1.807) is 0 Å². The van der Waals surface area contributed by atoms with Gasteiger partial charge in [-0.2, -0.15) is 0 Å². The van der Waals surface area contributed by atoms with Crippen molar-refractivity contribution >= 4 is 0 Å². The van der Waals surface area contributed by atoms with Crippen LogP contribution in [0.25, 0.3) is 0 Å². The molecule has 3 rings (SSSR count). The smallest absolute Gasteiger partial charge is 0.0733 e. The fourth-order valence-corrected chi connectivity index (χ4v) is 3.21. The number of hydrogen-bond donors (Lipinski definition) is 1. The molecule has 0 aromatic heterocycles. The maximum atomic E-state index is 5.87. The van der Waals surface area contributed by atoms with E-state index in [-0.39, 0.29) is 0 Å². The highest BCUT2D eigenvalue weighted by Crippen LogP contribution is 2.34. The highest BCUT2D eigenvalue weighted by atomic mass is 16.5. The van der Waals surface area contributed by atoms with Crippen LogP contribution in [-0.4, -0.2) is 24.3 Å². The van der Waals surface area contributed by atoms with Gasteiger partial charge < -0.3 is 10.1 Å². The Morgan fingerprint density at radius 1 is 1.29 bits per heavy atom. The number of benzene rings is 1. The molecule has 4 unspecified atom stereocenters. The Labute approximate surface area is 103 Å². The number of rotatable bonds is 4. The molecule has 1 aromatic rings. The highest BCUT2D eigenvalue weighted by Gasteiger charge is 2.40. The minimum atomic E-state index is 0.484. The van der Waals surface area contributed by atoms with E-state index in [0.29, 0.717) is 24.3 Å². The lowest BCUT2D eigenvalue weighted by molar-refractivity contribution is 0.0962. The van der Waals surface area contributed by atoms with Crippen LogP contribution in [0.1, 0.15) is 31.7 Å². The summed E-state index contributed by atoms with van der Waals surface area (Å²) in [6, 6.07) is 11.8. The molecule has 1 N–H and O–H groups in total. The molecule has 2 fully saturated rings. The third-order valence-electron chi connectivity index (χ3n) is 3.99. The first-order valence-corrected chi connectivity index (χ1v) is 6.76. The molecule has 0 radical (unpaired) electrons. The lowest BCUT2D eigenvalue weighted by atomic mass is 9.94. The lowest BCUT2D eigenvalue weighted by Gasteiger charge is -2.24. The number of nitrogens with one attached hydrogen (secondary N) is 1. The van der Waals surface area contributed by atoms with E-state index in [1.807, 2.05) is 0 Å². The molecule has 0 saturated carbocycles. The van der Waals surface area contributed by atoms with Gasteiger partial charge in [0.2, 0.25) is 0 Å². The van der Waals surface area contributed by atoms with Gasteiger partial charge in [0.15, 0.2) is 0 Å². The van der Waals surface area contributed by atoms with Crippen molar-refractivity contribution in [2.24, 2.45) is 0 Å². The van der Waals surface area contributed by atoms with Crippen LogP contribution in [0.3, 0.4) is 0 Å². The van der Waals surface area contributed by atoms with E-state index in [0.717, 1.165) is 6.42 Å². The standard InChI is InChI=1S/C15H21NO/c1-11(9-12-5-3-2-4-6-12)16-14-10-13-7-8-15(14)17-13/h2-6,11,13-16H,7-10H2,1H3. The summed E-state index contributed by atoms with van der Waals surface area (Å²) < 4.78 is 5.87. The van der Waals surface area contributed by atoms with Crippen molar-refractivity contribution < 1.29 is 4.74 Å². The Hall–Kier alpha value is -0.860. The van der Waals surface area contributed by atoms with Gasteiger partial charge in [-0.25, -0.2) is 0 Å². The summed E-state index contributed by atoms with van der Waals surface area (Å²) >= 11 is 0. The van der Waals surface area contributed by atoms with Gasteiger partial charge in [0.05, 0.1) is 12.2 Å². The second kappa shape index (κ2) is 4.79. The minimum Gasteiger partial charge on any atom is -0.373 e. The molecular formula is C15H21NO. The van der Waals surface area contributed by atoms with Crippen LogP contribution in [0, 0.1) is 0 Å². The van der Waals surface area contributed by atoms with Crippen molar-refractivity contribution in [3.8, 4) is 0 Å². The summed E-state index contributed by atoms with van der Waals surface area (Å²) in [7, 11) is 0. The Bertz CT molecular complexity index is 364. The molecule has 17 heavy (non-hydrogen) atoms. The highest BCUT2D eigenvalue weighted by molar-refractivity contribution is 5.15. The average molecular weight is 231 g/mol. The van der Waals surface area contributed by atoms with Gasteiger partial charge >= 0.3 is 0 Å². The number of hydrogen-bond acceptors (Lipinski definition) is 2. The van der Waals surface area contributed by atoms with Crippen LogP contribution in [-0.2, 0) is 11.2 Å². The van der Waals surface area contributed by atoms with E-state index in [4.69, 9.17) is 4.74 Å². The maximum absolute atomic E-state index is 5.87.